The van der Waals surface area contributed by atoms with Crippen LogP contribution in [0.3, 0.4) is 0 Å². The molecule has 0 aromatic rings. The second-order valence-corrected chi connectivity index (χ2v) is 3.81. The van der Waals surface area contributed by atoms with Crippen LogP contribution in [0.1, 0.15) is 12.8 Å². The van der Waals surface area contributed by atoms with Gasteiger partial charge in [0.05, 0.1) is 28.2 Å². The molecule has 1 aliphatic rings. The average Bonchev–Trinajstić information content (AvgIpc) is 2.47. The van der Waals surface area contributed by atoms with Gasteiger partial charge >= 0.3 is 6.02 Å². The molecule has 1 fully saturated rings. The number of carbonyl (C=O) groups excluding carboxylic acids is 2. The Morgan fingerprint density at radius 2 is 1.75 bits per heavy atom. The fourth-order valence-electron chi connectivity index (χ4n) is 1.26. The molecule has 1 rings (SSSR count). The first-order chi connectivity index (χ1) is 7.43. The third-order valence-corrected chi connectivity index (χ3v) is 1.96. The molecule has 0 atom stereocenters. The summed E-state index contributed by atoms with van der Waals surface area (Å²) in [6, 6.07) is 0.382. The van der Waals surface area contributed by atoms with Crippen molar-refractivity contribution in [3.8, 4) is 0 Å². The lowest BCUT2D eigenvalue weighted by Crippen LogP contribution is -2.37. The number of amides is 2. The van der Waals surface area contributed by atoms with Crippen molar-refractivity contribution in [1.82, 2.24) is 9.96 Å². The van der Waals surface area contributed by atoms with Crippen molar-refractivity contribution < 1.29 is 24.0 Å². The zero-order chi connectivity index (χ0) is 12.3. The predicted molar refractivity (Wildman–Crippen MR) is 54.1 cm³/mol. The maximum Gasteiger partial charge on any atom is 0.479 e. The average molecular weight is 230 g/mol. The van der Waals surface area contributed by atoms with Gasteiger partial charge in [0, 0.05) is 12.8 Å². The van der Waals surface area contributed by atoms with Gasteiger partial charge in [-0.3, -0.25) is 9.59 Å². The molecule has 1 heterocycles. The number of amidine groups is 1. The van der Waals surface area contributed by atoms with Crippen molar-refractivity contribution in [3.05, 3.63) is 0 Å². The van der Waals surface area contributed by atoms with Crippen molar-refractivity contribution in [2.24, 2.45) is 0 Å². The van der Waals surface area contributed by atoms with E-state index in [4.69, 9.17) is 9.88 Å². The van der Waals surface area contributed by atoms with Crippen molar-refractivity contribution in [2.75, 3.05) is 28.2 Å². The molecule has 0 saturated carbocycles. The van der Waals surface area contributed by atoms with E-state index in [0.717, 1.165) is 0 Å². The normalized spacial score (nSPS) is 15.4. The number of imide groups is 1. The molecule has 0 spiro atoms. The summed E-state index contributed by atoms with van der Waals surface area (Å²) in [5, 5.41) is 0.646. The van der Waals surface area contributed by atoms with E-state index in [0.29, 0.717) is 11.1 Å². The lowest BCUT2D eigenvalue weighted by atomic mass is 10.4. The van der Waals surface area contributed by atoms with Crippen molar-refractivity contribution >= 4 is 17.8 Å². The maximum absolute atomic E-state index is 11.2. The molecular formula is C9H16N3O4+. The number of hydrogen-bond donors (Lipinski definition) is 0. The zero-order valence-corrected chi connectivity index (χ0v) is 9.89. The van der Waals surface area contributed by atoms with Gasteiger partial charge in [-0.25, -0.2) is 14.4 Å². The smallest absolute Gasteiger partial charge is 0.272 e. The molecule has 0 bridgehead atoms. The Balaban J connectivity index is 2.60. The number of carbonyl (C=O) groups is 2. The molecule has 1 aliphatic heterocycles. The number of rotatable bonds is 2. The summed E-state index contributed by atoms with van der Waals surface area (Å²) in [7, 11) is 7.03. The Morgan fingerprint density at radius 3 is 2.12 bits per heavy atom. The van der Waals surface area contributed by atoms with E-state index in [1.165, 1.54) is 0 Å². The second kappa shape index (κ2) is 4.93. The summed E-state index contributed by atoms with van der Waals surface area (Å²) in [6.45, 7) is 0. The monoisotopic (exact) mass is 230 g/mol. The minimum atomic E-state index is -0.387. The van der Waals surface area contributed by atoms with Crippen LogP contribution in [0.4, 0.5) is 0 Å². The minimum absolute atomic E-state index is 0.168. The van der Waals surface area contributed by atoms with Crippen LogP contribution in [0.25, 0.3) is 0 Å². The molecule has 16 heavy (non-hydrogen) atoms. The Morgan fingerprint density at radius 1 is 1.25 bits per heavy atom. The van der Waals surface area contributed by atoms with Gasteiger partial charge in [-0.2, -0.15) is 0 Å². The molecule has 90 valence electrons. The van der Waals surface area contributed by atoms with E-state index in [9.17, 15) is 9.59 Å². The van der Waals surface area contributed by atoms with Gasteiger partial charge in [0.2, 0.25) is 0 Å². The summed E-state index contributed by atoms with van der Waals surface area (Å²) in [4.78, 5) is 33.7. The molecule has 7 heteroatoms. The van der Waals surface area contributed by atoms with Crippen molar-refractivity contribution in [3.63, 3.8) is 0 Å². The first kappa shape index (κ1) is 12.4. The standard InChI is InChI=1S/C9H16N3O4/c1-10(2)9(11(3)4)15-16-12-7(13)5-6-8(12)14/h5-6H2,1-4H3/q+1. The summed E-state index contributed by atoms with van der Waals surface area (Å²) >= 11 is 0. The van der Waals surface area contributed by atoms with Gasteiger partial charge in [0.15, 0.2) is 0 Å². The van der Waals surface area contributed by atoms with Crippen LogP contribution in [0.5, 0.6) is 0 Å². The predicted octanol–water partition coefficient (Wildman–Crippen LogP) is -0.812. The van der Waals surface area contributed by atoms with Crippen LogP contribution in [-0.2, 0) is 19.5 Å². The Kier molecular flexibility index (Phi) is 3.83. The van der Waals surface area contributed by atoms with Gasteiger partial charge in [-0.05, 0) is 4.99 Å². The number of hydrogen-bond acceptors (Lipinski definition) is 4. The molecule has 0 unspecified atom stereocenters. The molecule has 0 radical (unpaired) electrons. The molecule has 7 nitrogen and oxygen atoms in total. The highest BCUT2D eigenvalue weighted by Gasteiger charge is 2.33. The summed E-state index contributed by atoms with van der Waals surface area (Å²) in [6.07, 6.45) is 0.336. The summed E-state index contributed by atoms with van der Waals surface area (Å²) in [5.41, 5.74) is 0. The minimum Gasteiger partial charge on any atom is -0.272 e. The molecule has 0 aliphatic carbocycles. The van der Waals surface area contributed by atoms with Gasteiger partial charge in [0.25, 0.3) is 11.8 Å². The molecule has 1 saturated heterocycles. The fourth-order valence-corrected chi connectivity index (χ4v) is 1.26. The van der Waals surface area contributed by atoms with Crippen LogP contribution in [0.2, 0.25) is 0 Å². The van der Waals surface area contributed by atoms with Gasteiger partial charge in [-0.1, -0.05) is 0 Å². The molecule has 0 aromatic carbocycles. The zero-order valence-electron chi connectivity index (χ0n) is 9.89. The Labute approximate surface area is 93.7 Å². The van der Waals surface area contributed by atoms with Crippen molar-refractivity contribution in [2.45, 2.75) is 12.8 Å². The first-order valence-electron chi connectivity index (χ1n) is 4.85. The third-order valence-electron chi connectivity index (χ3n) is 1.96. The van der Waals surface area contributed by atoms with Crippen LogP contribution >= 0.6 is 0 Å². The maximum atomic E-state index is 11.2. The van der Waals surface area contributed by atoms with Crippen LogP contribution in [0, 0.1) is 0 Å². The fraction of sp³-hybridized carbons (Fsp3) is 0.667. The van der Waals surface area contributed by atoms with Gasteiger partial charge < -0.3 is 0 Å². The van der Waals surface area contributed by atoms with E-state index >= 15 is 0 Å². The van der Waals surface area contributed by atoms with Crippen LogP contribution < -0.4 is 0 Å². The van der Waals surface area contributed by atoms with Gasteiger partial charge in [0.1, 0.15) is 0 Å². The van der Waals surface area contributed by atoms with Crippen LogP contribution in [0.15, 0.2) is 0 Å². The SMILES string of the molecule is CN(C)C(OON1C(=O)CCC1=O)=[N+](C)C. The van der Waals surface area contributed by atoms with E-state index < -0.39 is 0 Å². The number of hydroxylamine groups is 2. The van der Waals surface area contributed by atoms with Crippen LogP contribution in [-0.4, -0.2) is 60.6 Å². The Bertz CT molecular complexity index is 318. The highest BCUT2D eigenvalue weighted by Crippen LogP contribution is 2.12. The molecule has 0 aromatic heterocycles. The van der Waals surface area contributed by atoms with Gasteiger partial charge in [-0.15, -0.1) is 5.06 Å². The third kappa shape index (κ3) is 2.69. The van der Waals surface area contributed by atoms with E-state index in [1.807, 2.05) is 0 Å². The highest BCUT2D eigenvalue weighted by atomic mass is 17.3. The first-order valence-corrected chi connectivity index (χ1v) is 4.85. The second-order valence-electron chi connectivity index (χ2n) is 3.81. The highest BCUT2D eigenvalue weighted by molar-refractivity contribution is 6.00. The number of nitrogens with zero attached hydrogens (tertiary/aromatic N) is 3. The van der Waals surface area contributed by atoms with E-state index in [1.54, 1.807) is 37.7 Å². The lowest BCUT2D eigenvalue weighted by molar-refractivity contribution is -0.502. The van der Waals surface area contributed by atoms with E-state index in [2.05, 4.69) is 0 Å². The summed E-state index contributed by atoms with van der Waals surface area (Å²) < 4.78 is 1.66. The molecule has 2 amide bonds. The molecule has 0 N–H and O–H groups in total. The largest absolute Gasteiger partial charge is 0.479 e. The molecular weight excluding hydrogens is 214 g/mol. The van der Waals surface area contributed by atoms with E-state index in [-0.39, 0.29) is 24.7 Å². The Hall–Kier alpha value is -1.63. The topological polar surface area (TPSA) is 62.1 Å². The quantitative estimate of drug-likeness (QED) is 0.155. The summed E-state index contributed by atoms with van der Waals surface area (Å²) in [5.74, 6) is -0.774. The van der Waals surface area contributed by atoms with Crippen molar-refractivity contribution in [1.29, 1.82) is 0 Å². The lowest BCUT2D eigenvalue weighted by Gasteiger charge is -2.13.